The fourth-order valence-electron chi connectivity index (χ4n) is 2.17. The van der Waals surface area contributed by atoms with Crippen LogP contribution >= 0.6 is 11.8 Å². The number of benzene rings is 2. The van der Waals surface area contributed by atoms with Gasteiger partial charge in [-0.15, -0.1) is 11.8 Å². The number of thioether (sulfide) groups is 1. The number of carbonyl (C=O) groups is 2. The minimum absolute atomic E-state index is 0.302. The number of ketones is 1. The number of methoxy groups -OCH3 is 2. The second-order valence-electron chi connectivity index (χ2n) is 5.20. The van der Waals surface area contributed by atoms with Crippen LogP contribution in [0, 0.1) is 0 Å². The van der Waals surface area contributed by atoms with Crippen molar-refractivity contribution in [3.05, 3.63) is 59.7 Å². The largest absolute Gasteiger partial charge is 0.497 e. The first-order chi connectivity index (χ1) is 12.6. The van der Waals surface area contributed by atoms with Crippen LogP contribution in [0.2, 0.25) is 0 Å². The van der Waals surface area contributed by atoms with Crippen molar-refractivity contribution in [2.45, 2.75) is 4.90 Å². The molecule has 0 aliphatic heterocycles. The normalized spacial score (nSPS) is 10.6. The zero-order chi connectivity index (χ0) is 18.9. The van der Waals surface area contributed by atoms with Gasteiger partial charge >= 0.3 is 5.97 Å². The molecule has 0 bridgehead atoms. The number of rotatable bonds is 8. The van der Waals surface area contributed by atoms with Gasteiger partial charge in [-0.2, -0.15) is 0 Å². The lowest BCUT2D eigenvalue weighted by atomic mass is 10.1. The van der Waals surface area contributed by atoms with Gasteiger partial charge in [-0.3, -0.25) is 4.79 Å². The Kier molecular flexibility index (Phi) is 7.29. The Morgan fingerprint density at radius 3 is 2.38 bits per heavy atom. The Bertz CT molecular complexity index is 796. The van der Waals surface area contributed by atoms with Crippen molar-refractivity contribution in [1.82, 2.24) is 0 Å². The van der Waals surface area contributed by atoms with Crippen molar-refractivity contribution in [3.63, 3.8) is 0 Å². The molecule has 2 rings (SSSR count). The van der Waals surface area contributed by atoms with Crippen molar-refractivity contribution >= 4 is 29.6 Å². The molecule has 5 nitrogen and oxygen atoms in total. The Balaban J connectivity index is 1.96. The molecule has 0 fully saturated rings. The molecule has 6 heteroatoms. The lowest BCUT2D eigenvalue weighted by Gasteiger charge is -2.09. The average Bonchev–Trinajstić information content (AvgIpc) is 2.70. The van der Waals surface area contributed by atoms with Gasteiger partial charge in [0.05, 0.1) is 19.8 Å². The molecule has 0 unspecified atom stereocenters. The van der Waals surface area contributed by atoms with Gasteiger partial charge in [0.2, 0.25) is 5.78 Å². The second kappa shape index (κ2) is 9.68. The zero-order valence-corrected chi connectivity index (χ0v) is 15.7. The molecular formula is C20H20O5S. The average molecular weight is 372 g/mol. The first kappa shape index (κ1) is 19.6. The quantitative estimate of drug-likeness (QED) is 0.303. The second-order valence-corrected chi connectivity index (χ2v) is 6.08. The van der Waals surface area contributed by atoms with Crippen LogP contribution in [0.5, 0.6) is 11.5 Å². The minimum atomic E-state index is -0.589. The summed E-state index contributed by atoms with van der Waals surface area (Å²) in [7, 11) is 2.97. The minimum Gasteiger partial charge on any atom is -0.497 e. The maximum atomic E-state index is 12.3. The highest BCUT2D eigenvalue weighted by atomic mass is 32.2. The third-order valence-electron chi connectivity index (χ3n) is 3.58. The van der Waals surface area contributed by atoms with Gasteiger partial charge in [0.1, 0.15) is 11.5 Å². The lowest BCUT2D eigenvalue weighted by Crippen LogP contribution is -2.13. The van der Waals surface area contributed by atoms with E-state index >= 15 is 0 Å². The first-order valence-corrected chi connectivity index (χ1v) is 9.04. The van der Waals surface area contributed by atoms with E-state index in [2.05, 4.69) is 0 Å². The van der Waals surface area contributed by atoms with E-state index in [0.29, 0.717) is 17.1 Å². The van der Waals surface area contributed by atoms with Gasteiger partial charge in [-0.05, 0) is 48.2 Å². The van der Waals surface area contributed by atoms with Gasteiger partial charge in [-0.25, -0.2) is 4.79 Å². The molecule has 26 heavy (non-hydrogen) atoms. The van der Waals surface area contributed by atoms with E-state index in [0.717, 1.165) is 10.5 Å². The van der Waals surface area contributed by atoms with E-state index in [4.69, 9.17) is 14.2 Å². The third-order valence-corrected chi connectivity index (χ3v) is 4.32. The van der Waals surface area contributed by atoms with Crippen LogP contribution in [0.1, 0.15) is 15.9 Å². The Hall–Kier alpha value is -2.73. The summed E-state index contributed by atoms with van der Waals surface area (Å²) in [6.07, 6.45) is 4.93. The summed E-state index contributed by atoms with van der Waals surface area (Å²) in [6, 6.07) is 12.6. The molecule has 2 aromatic rings. The number of hydrogen-bond donors (Lipinski definition) is 0. The van der Waals surface area contributed by atoms with Gasteiger partial charge < -0.3 is 14.2 Å². The van der Waals surface area contributed by atoms with Crippen LogP contribution < -0.4 is 9.47 Å². The zero-order valence-electron chi connectivity index (χ0n) is 14.9. The maximum absolute atomic E-state index is 12.3. The molecule has 0 aliphatic carbocycles. The van der Waals surface area contributed by atoms with Gasteiger partial charge in [0.25, 0.3) is 0 Å². The molecule has 0 aromatic heterocycles. The summed E-state index contributed by atoms with van der Waals surface area (Å²) in [5, 5.41) is 0. The van der Waals surface area contributed by atoms with E-state index < -0.39 is 5.97 Å². The predicted molar refractivity (Wildman–Crippen MR) is 102 cm³/mol. The van der Waals surface area contributed by atoms with E-state index in [9.17, 15) is 9.59 Å². The van der Waals surface area contributed by atoms with Crippen molar-refractivity contribution in [1.29, 1.82) is 0 Å². The Labute approximate surface area is 157 Å². The topological polar surface area (TPSA) is 61.8 Å². The van der Waals surface area contributed by atoms with Crippen molar-refractivity contribution < 1.29 is 23.8 Å². The molecule has 0 spiro atoms. The van der Waals surface area contributed by atoms with Crippen molar-refractivity contribution in [2.24, 2.45) is 0 Å². The number of carbonyl (C=O) groups excluding carboxylic acids is 2. The highest BCUT2D eigenvalue weighted by Crippen LogP contribution is 2.24. The fraction of sp³-hybridized carbons (Fsp3) is 0.200. The monoisotopic (exact) mass is 372 g/mol. The fourth-order valence-corrected chi connectivity index (χ4v) is 2.58. The van der Waals surface area contributed by atoms with Gasteiger partial charge in [-0.1, -0.05) is 12.1 Å². The first-order valence-electron chi connectivity index (χ1n) is 7.81. The van der Waals surface area contributed by atoms with Crippen LogP contribution in [-0.2, 0) is 9.53 Å². The number of esters is 1. The van der Waals surface area contributed by atoms with Crippen molar-refractivity contribution in [3.8, 4) is 11.5 Å². The molecular weight excluding hydrogens is 352 g/mol. The number of hydrogen-bond acceptors (Lipinski definition) is 6. The standard InChI is InChI=1S/C20H20O5S/c1-23-15-7-10-19(24-2)17(12-15)18(21)13-25-20(22)11-6-14-4-8-16(26-3)9-5-14/h4-12H,13H2,1-3H3/b11-6+. The highest BCUT2D eigenvalue weighted by Gasteiger charge is 2.15. The van der Waals surface area contributed by atoms with Crippen LogP contribution in [0.25, 0.3) is 6.08 Å². The Morgan fingerprint density at radius 1 is 1.04 bits per heavy atom. The van der Waals surface area contributed by atoms with Crippen molar-refractivity contribution in [2.75, 3.05) is 27.1 Å². The van der Waals surface area contributed by atoms with Gasteiger partial charge in [0, 0.05) is 11.0 Å². The molecule has 2 aromatic carbocycles. The number of ether oxygens (including phenoxy) is 3. The lowest BCUT2D eigenvalue weighted by molar-refractivity contribution is -0.136. The molecule has 136 valence electrons. The summed E-state index contributed by atoms with van der Waals surface area (Å²) < 4.78 is 15.3. The molecule has 0 aliphatic rings. The van der Waals surface area contributed by atoms with Crippen LogP contribution in [0.15, 0.2) is 53.4 Å². The molecule has 0 N–H and O–H groups in total. The molecule has 0 atom stereocenters. The summed E-state index contributed by atoms with van der Waals surface area (Å²) in [5.41, 5.74) is 1.18. The van der Waals surface area contributed by atoms with Crippen LogP contribution in [0.3, 0.4) is 0 Å². The molecule has 0 saturated heterocycles. The molecule has 0 radical (unpaired) electrons. The van der Waals surface area contributed by atoms with E-state index in [1.165, 1.54) is 20.3 Å². The van der Waals surface area contributed by atoms with E-state index in [-0.39, 0.29) is 12.4 Å². The van der Waals surface area contributed by atoms with E-state index in [1.807, 2.05) is 30.5 Å². The summed E-state index contributed by atoms with van der Waals surface area (Å²) in [6.45, 7) is -0.377. The van der Waals surface area contributed by atoms with Crippen LogP contribution in [0.4, 0.5) is 0 Å². The molecule has 0 saturated carbocycles. The summed E-state index contributed by atoms with van der Waals surface area (Å²) in [5.74, 6) is -0.0358. The third kappa shape index (κ3) is 5.39. The van der Waals surface area contributed by atoms with Crippen LogP contribution in [-0.4, -0.2) is 38.8 Å². The van der Waals surface area contributed by atoms with Gasteiger partial charge in [0.15, 0.2) is 6.61 Å². The summed E-state index contributed by atoms with van der Waals surface area (Å²) >= 11 is 1.64. The Morgan fingerprint density at radius 2 is 1.77 bits per heavy atom. The highest BCUT2D eigenvalue weighted by molar-refractivity contribution is 7.98. The smallest absolute Gasteiger partial charge is 0.331 e. The maximum Gasteiger partial charge on any atom is 0.331 e. The number of Topliss-reactive ketones (excluding diaryl/α,β-unsaturated/α-hetero) is 1. The molecule has 0 amide bonds. The SMILES string of the molecule is COc1ccc(OC)c(C(=O)COC(=O)/C=C/c2ccc(SC)cc2)c1. The van der Waals surface area contributed by atoms with E-state index in [1.54, 1.807) is 36.0 Å². The predicted octanol–water partition coefficient (Wildman–Crippen LogP) is 3.87. The summed E-state index contributed by atoms with van der Waals surface area (Å²) in [4.78, 5) is 25.3. The molecule has 0 heterocycles.